The van der Waals surface area contributed by atoms with Crippen LogP contribution in [-0.2, 0) is 24.4 Å². The van der Waals surface area contributed by atoms with Gasteiger partial charge in [-0.2, -0.15) is 0 Å². The van der Waals surface area contributed by atoms with Crippen LogP contribution in [0, 0.1) is 5.92 Å². The molecular formula is C37H33N5O5. The van der Waals surface area contributed by atoms with E-state index in [9.17, 15) is 9.90 Å². The van der Waals surface area contributed by atoms with Gasteiger partial charge in [-0.05, 0) is 29.8 Å². The summed E-state index contributed by atoms with van der Waals surface area (Å²) >= 11 is 0. The topological polar surface area (TPSA) is 97.1 Å². The zero-order valence-corrected chi connectivity index (χ0v) is 25.7. The number of hydrogen-bond donors (Lipinski definition) is 2. The number of aromatic hydroxyl groups is 1. The van der Waals surface area contributed by atoms with E-state index < -0.39 is 0 Å². The number of H-pyrrole nitrogens is 1. The van der Waals surface area contributed by atoms with E-state index in [0.29, 0.717) is 32.8 Å². The van der Waals surface area contributed by atoms with Gasteiger partial charge in [0.05, 0.1) is 23.0 Å². The fourth-order valence-corrected chi connectivity index (χ4v) is 8.21. The van der Waals surface area contributed by atoms with Crippen molar-refractivity contribution in [3.05, 3.63) is 78.5 Å². The van der Waals surface area contributed by atoms with Crippen LogP contribution in [0.25, 0.3) is 54.4 Å². The Bertz CT molecular complexity index is 2400. The largest absolute Gasteiger partial charge is 0.494 e. The van der Waals surface area contributed by atoms with Crippen LogP contribution in [0.4, 0.5) is 4.79 Å². The first kappa shape index (κ1) is 26.8. The molecule has 0 aliphatic carbocycles. The molecule has 1 saturated heterocycles. The lowest BCUT2D eigenvalue weighted by molar-refractivity contribution is 0.0609. The third kappa shape index (κ3) is 3.97. The van der Waals surface area contributed by atoms with Crippen molar-refractivity contribution in [2.45, 2.75) is 19.6 Å². The summed E-state index contributed by atoms with van der Waals surface area (Å²) in [5.74, 6) is 1.82. The summed E-state index contributed by atoms with van der Waals surface area (Å²) in [5.41, 5.74) is 5.71. The third-order valence-corrected chi connectivity index (χ3v) is 10.3. The van der Waals surface area contributed by atoms with E-state index in [1.807, 2.05) is 23.2 Å². The molecule has 0 spiro atoms. The van der Waals surface area contributed by atoms with Gasteiger partial charge in [0, 0.05) is 95.9 Å². The SMILES string of the molecule is O=C(OCC1Cn2c3ccccc3c3c4c[nH]c(O)c4c4c5ccccc5n(c4c32)C1)N1CCN(Cc2ccc3c(c2)OCO3)CC1. The Labute approximate surface area is 269 Å². The molecule has 10 rings (SSSR count). The highest BCUT2D eigenvalue weighted by atomic mass is 16.7. The summed E-state index contributed by atoms with van der Waals surface area (Å²) in [6.45, 7) is 5.61. The average Bonchev–Trinajstić information content (AvgIpc) is 3.85. The van der Waals surface area contributed by atoms with Crippen LogP contribution in [-0.4, -0.2) is 74.7 Å². The van der Waals surface area contributed by atoms with Gasteiger partial charge in [-0.15, -0.1) is 0 Å². The van der Waals surface area contributed by atoms with Crippen molar-refractivity contribution < 1.29 is 24.1 Å². The number of amides is 1. The Kier molecular flexibility index (Phi) is 5.75. The standard InChI is InChI=1S/C37H33N5O5/c43-36-33-26(16-38-36)31-24-5-1-3-7-27(24)41-18-23(19-42-28-8-4-2-6-25(28)32(33)35(42)34(31)41)20-45-37(44)40-13-11-39(12-14-40)17-22-9-10-29-30(15-22)47-21-46-29/h1-10,15-16,23,38,43H,11-14,17-21H2. The van der Waals surface area contributed by atoms with E-state index >= 15 is 0 Å². The normalized spacial score (nSPS) is 18.0. The second-order valence-electron chi connectivity index (χ2n) is 13.0. The molecule has 2 N–H and O–H groups in total. The number of ether oxygens (including phenoxy) is 3. The van der Waals surface area contributed by atoms with Gasteiger partial charge in [-0.3, -0.25) is 4.90 Å². The average molecular weight is 628 g/mol. The molecule has 3 aliphatic rings. The summed E-state index contributed by atoms with van der Waals surface area (Å²) in [7, 11) is 0. The molecule has 0 saturated carbocycles. The van der Waals surface area contributed by atoms with E-state index in [1.165, 1.54) is 5.56 Å². The van der Waals surface area contributed by atoms with Crippen LogP contribution in [0.1, 0.15) is 5.56 Å². The number of rotatable bonds is 4. The first-order valence-electron chi connectivity index (χ1n) is 16.3. The number of fused-ring (bicyclic) bond motifs is 10. The van der Waals surface area contributed by atoms with Crippen molar-refractivity contribution in [1.29, 1.82) is 0 Å². The highest BCUT2D eigenvalue weighted by Crippen LogP contribution is 2.48. The van der Waals surface area contributed by atoms with Crippen LogP contribution in [0.15, 0.2) is 72.9 Å². The minimum atomic E-state index is -0.251. The Balaban J connectivity index is 0.938. The molecule has 3 aromatic heterocycles. The molecule has 1 fully saturated rings. The van der Waals surface area contributed by atoms with Gasteiger partial charge in [0.1, 0.15) is 0 Å². The van der Waals surface area contributed by atoms with Crippen molar-refractivity contribution >= 4 is 60.5 Å². The molecule has 3 aliphatic heterocycles. The number of carbonyl (C=O) groups is 1. The monoisotopic (exact) mass is 627 g/mol. The molecule has 10 nitrogen and oxygen atoms in total. The summed E-state index contributed by atoms with van der Waals surface area (Å²) in [5, 5.41) is 17.4. The maximum Gasteiger partial charge on any atom is 0.409 e. The molecule has 0 radical (unpaired) electrons. The van der Waals surface area contributed by atoms with Gasteiger partial charge in [0.2, 0.25) is 6.79 Å². The Morgan fingerprint density at radius 2 is 1.49 bits per heavy atom. The minimum Gasteiger partial charge on any atom is -0.494 e. The number of nitrogens with one attached hydrogen (secondary N) is 1. The number of piperazine rings is 1. The van der Waals surface area contributed by atoms with Crippen molar-refractivity contribution in [2.75, 3.05) is 39.6 Å². The number of para-hydroxylation sites is 2. The summed E-state index contributed by atoms with van der Waals surface area (Å²) < 4.78 is 21.9. The van der Waals surface area contributed by atoms with Crippen molar-refractivity contribution in [2.24, 2.45) is 5.92 Å². The minimum absolute atomic E-state index is 0.0474. The predicted octanol–water partition coefficient (Wildman–Crippen LogP) is 6.40. The fourth-order valence-electron chi connectivity index (χ4n) is 8.21. The Hall–Kier alpha value is -5.35. The molecular weight excluding hydrogens is 594 g/mol. The first-order valence-corrected chi connectivity index (χ1v) is 16.3. The summed E-state index contributed by atoms with van der Waals surface area (Å²) in [6.07, 6.45) is 1.68. The zero-order chi connectivity index (χ0) is 31.2. The summed E-state index contributed by atoms with van der Waals surface area (Å²) in [4.78, 5) is 20.7. The van der Waals surface area contributed by atoms with Crippen LogP contribution in [0.2, 0.25) is 0 Å². The molecule has 0 bridgehead atoms. The van der Waals surface area contributed by atoms with Gasteiger partial charge < -0.3 is 38.3 Å². The second-order valence-corrected chi connectivity index (χ2v) is 13.0. The lowest BCUT2D eigenvalue weighted by atomic mass is 10.0. The number of carbonyl (C=O) groups excluding carboxylic acids is 1. The van der Waals surface area contributed by atoms with E-state index in [0.717, 1.165) is 85.5 Å². The third-order valence-electron chi connectivity index (χ3n) is 10.3. The molecule has 236 valence electrons. The van der Waals surface area contributed by atoms with Gasteiger partial charge >= 0.3 is 6.09 Å². The maximum absolute atomic E-state index is 13.4. The van der Waals surface area contributed by atoms with E-state index in [-0.39, 0.29) is 24.7 Å². The second kappa shape index (κ2) is 10.1. The zero-order valence-electron chi connectivity index (χ0n) is 25.7. The molecule has 4 aromatic carbocycles. The molecule has 7 aromatic rings. The van der Waals surface area contributed by atoms with Gasteiger partial charge in [-0.1, -0.05) is 42.5 Å². The van der Waals surface area contributed by atoms with Crippen molar-refractivity contribution in [3.8, 4) is 17.4 Å². The number of nitrogens with zero attached hydrogens (tertiary/aromatic N) is 4. The van der Waals surface area contributed by atoms with Crippen LogP contribution in [0.3, 0.4) is 0 Å². The maximum atomic E-state index is 13.4. The lowest BCUT2D eigenvalue weighted by Crippen LogP contribution is -2.48. The molecule has 10 heteroatoms. The smallest absolute Gasteiger partial charge is 0.409 e. The van der Waals surface area contributed by atoms with E-state index in [4.69, 9.17) is 14.2 Å². The van der Waals surface area contributed by atoms with Crippen molar-refractivity contribution in [3.63, 3.8) is 0 Å². The fraction of sp³-hybridized carbons (Fsp3) is 0.270. The molecule has 1 atom stereocenters. The lowest BCUT2D eigenvalue weighted by Gasteiger charge is -2.34. The van der Waals surface area contributed by atoms with Crippen LogP contribution in [0.5, 0.6) is 17.4 Å². The molecule has 1 amide bonds. The van der Waals surface area contributed by atoms with Crippen molar-refractivity contribution in [1.82, 2.24) is 23.9 Å². The van der Waals surface area contributed by atoms with E-state index in [2.05, 4.69) is 73.6 Å². The molecule has 6 heterocycles. The first-order chi connectivity index (χ1) is 23.1. The number of aromatic amines is 1. The Morgan fingerprint density at radius 3 is 2.26 bits per heavy atom. The molecule has 1 unspecified atom stereocenters. The number of aromatic nitrogens is 3. The highest BCUT2D eigenvalue weighted by molar-refractivity contribution is 6.36. The molecule has 47 heavy (non-hydrogen) atoms. The van der Waals surface area contributed by atoms with E-state index in [1.54, 1.807) is 0 Å². The Morgan fingerprint density at radius 1 is 0.809 bits per heavy atom. The quantitative estimate of drug-likeness (QED) is 0.234. The van der Waals surface area contributed by atoms with Crippen LogP contribution >= 0.6 is 0 Å². The van der Waals surface area contributed by atoms with Gasteiger partial charge in [0.25, 0.3) is 0 Å². The highest BCUT2D eigenvalue weighted by Gasteiger charge is 2.31. The van der Waals surface area contributed by atoms with Gasteiger partial charge in [-0.25, -0.2) is 4.79 Å². The van der Waals surface area contributed by atoms with Gasteiger partial charge in [0.15, 0.2) is 17.4 Å². The summed E-state index contributed by atoms with van der Waals surface area (Å²) in [6, 6.07) is 23.0. The number of benzene rings is 4. The van der Waals surface area contributed by atoms with Crippen LogP contribution < -0.4 is 9.47 Å². The predicted molar refractivity (Wildman–Crippen MR) is 180 cm³/mol. The number of hydrogen-bond acceptors (Lipinski definition) is 6.